The standard InChI is InChI=1S/C13H13F3N2O2/c14-13(15,16)10-1-2-12(9(5-10)6-17)18-7-11-8-19-3-4-20-11/h1-2,5,11,18H,3-4,7-8H2. The lowest BCUT2D eigenvalue weighted by atomic mass is 10.1. The van der Waals surface area contributed by atoms with Gasteiger partial charge in [0.2, 0.25) is 0 Å². The summed E-state index contributed by atoms with van der Waals surface area (Å²) in [6, 6.07) is 4.80. The highest BCUT2D eigenvalue weighted by molar-refractivity contribution is 5.59. The maximum Gasteiger partial charge on any atom is 0.416 e. The molecular weight excluding hydrogens is 273 g/mol. The van der Waals surface area contributed by atoms with Gasteiger partial charge in [-0.05, 0) is 18.2 Å². The molecule has 1 fully saturated rings. The van der Waals surface area contributed by atoms with Crippen LogP contribution in [0.15, 0.2) is 18.2 Å². The number of hydrogen-bond acceptors (Lipinski definition) is 4. The van der Waals surface area contributed by atoms with Crippen LogP contribution in [-0.4, -0.2) is 32.5 Å². The SMILES string of the molecule is N#Cc1cc(C(F)(F)F)ccc1NCC1COCCO1. The van der Waals surface area contributed by atoms with Gasteiger partial charge in [-0.3, -0.25) is 0 Å². The van der Waals surface area contributed by atoms with Crippen molar-refractivity contribution >= 4 is 5.69 Å². The van der Waals surface area contributed by atoms with E-state index >= 15 is 0 Å². The van der Waals surface area contributed by atoms with Gasteiger partial charge in [0.1, 0.15) is 6.07 Å². The van der Waals surface area contributed by atoms with E-state index in [-0.39, 0.29) is 11.7 Å². The first-order chi connectivity index (χ1) is 9.50. The number of ether oxygens (including phenoxy) is 2. The van der Waals surface area contributed by atoms with E-state index in [0.717, 1.165) is 12.1 Å². The highest BCUT2D eigenvalue weighted by Crippen LogP contribution is 2.31. The minimum Gasteiger partial charge on any atom is -0.381 e. The van der Waals surface area contributed by atoms with E-state index in [9.17, 15) is 13.2 Å². The molecule has 1 aliphatic rings. The van der Waals surface area contributed by atoms with Crippen LogP contribution < -0.4 is 5.32 Å². The molecule has 1 unspecified atom stereocenters. The van der Waals surface area contributed by atoms with Gasteiger partial charge >= 0.3 is 6.18 Å². The largest absolute Gasteiger partial charge is 0.416 e. The third-order valence-corrected chi connectivity index (χ3v) is 2.87. The van der Waals surface area contributed by atoms with Crippen molar-refractivity contribution in [1.29, 1.82) is 5.26 Å². The predicted molar refractivity (Wildman–Crippen MR) is 65.2 cm³/mol. The molecule has 0 amide bonds. The van der Waals surface area contributed by atoms with Gasteiger partial charge < -0.3 is 14.8 Å². The lowest BCUT2D eigenvalue weighted by Gasteiger charge is -2.23. The summed E-state index contributed by atoms with van der Waals surface area (Å²) in [6.45, 7) is 1.83. The van der Waals surface area contributed by atoms with Gasteiger partial charge in [0.15, 0.2) is 0 Å². The molecule has 2 rings (SSSR count). The summed E-state index contributed by atoms with van der Waals surface area (Å²) in [5.74, 6) is 0. The summed E-state index contributed by atoms with van der Waals surface area (Å²) < 4.78 is 48.3. The summed E-state index contributed by atoms with van der Waals surface area (Å²) in [5.41, 5.74) is -0.525. The van der Waals surface area contributed by atoms with E-state index < -0.39 is 11.7 Å². The second-order valence-electron chi connectivity index (χ2n) is 4.32. The third kappa shape index (κ3) is 3.62. The molecule has 1 aliphatic heterocycles. The predicted octanol–water partition coefficient (Wildman–Crippen LogP) is 2.40. The Morgan fingerprint density at radius 2 is 2.15 bits per heavy atom. The number of hydrogen-bond donors (Lipinski definition) is 1. The molecule has 1 saturated heterocycles. The van der Waals surface area contributed by atoms with Crippen molar-refractivity contribution in [2.75, 3.05) is 31.7 Å². The van der Waals surface area contributed by atoms with E-state index in [2.05, 4.69) is 5.32 Å². The van der Waals surface area contributed by atoms with Crippen LogP contribution in [0.4, 0.5) is 18.9 Å². The Kier molecular flexibility index (Phi) is 4.47. The molecule has 0 saturated carbocycles. The molecule has 7 heteroatoms. The summed E-state index contributed by atoms with van der Waals surface area (Å²) >= 11 is 0. The number of nitrogens with zero attached hydrogens (tertiary/aromatic N) is 1. The van der Waals surface area contributed by atoms with E-state index in [1.165, 1.54) is 6.07 Å². The fraction of sp³-hybridized carbons (Fsp3) is 0.462. The zero-order valence-corrected chi connectivity index (χ0v) is 10.5. The van der Waals surface area contributed by atoms with Crippen LogP contribution in [0.25, 0.3) is 0 Å². The second-order valence-corrected chi connectivity index (χ2v) is 4.32. The second kappa shape index (κ2) is 6.11. The molecule has 1 atom stereocenters. The Hall–Kier alpha value is -1.78. The lowest BCUT2D eigenvalue weighted by Crippen LogP contribution is -2.34. The Bertz CT molecular complexity index is 505. The van der Waals surface area contributed by atoms with Crippen LogP contribution in [0.2, 0.25) is 0 Å². The minimum absolute atomic E-state index is 0.0449. The zero-order chi connectivity index (χ0) is 14.6. The van der Waals surface area contributed by atoms with Gasteiger partial charge in [0.25, 0.3) is 0 Å². The summed E-state index contributed by atoms with van der Waals surface area (Å²) in [4.78, 5) is 0. The Balaban J connectivity index is 2.06. The van der Waals surface area contributed by atoms with Crippen molar-refractivity contribution in [3.63, 3.8) is 0 Å². The van der Waals surface area contributed by atoms with E-state index in [0.29, 0.717) is 32.1 Å². The number of alkyl halides is 3. The van der Waals surface area contributed by atoms with Crippen molar-refractivity contribution < 1.29 is 22.6 Å². The van der Waals surface area contributed by atoms with Gasteiger partial charge in [0, 0.05) is 6.54 Å². The minimum atomic E-state index is -4.45. The average Bonchev–Trinajstić information content (AvgIpc) is 2.45. The molecule has 0 radical (unpaired) electrons. The molecule has 108 valence electrons. The molecule has 0 spiro atoms. The first-order valence-corrected chi connectivity index (χ1v) is 6.05. The Morgan fingerprint density at radius 3 is 2.75 bits per heavy atom. The van der Waals surface area contributed by atoms with Crippen LogP contribution in [0, 0.1) is 11.3 Å². The van der Waals surface area contributed by atoms with Gasteiger partial charge in [-0.15, -0.1) is 0 Å². The summed E-state index contributed by atoms with van der Waals surface area (Å²) in [7, 11) is 0. The maximum absolute atomic E-state index is 12.5. The fourth-order valence-electron chi connectivity index (χ4n) is 1.85. The average molecular weight is 286 g/mol. The maximum atomic E-state index is 12.5. The number of nitriles is 1. The quantitative estimate of drug-likeness (QED) is 0.927. The highest BCUT2D eigenvalue weighted by atomic mass is 19.4. The topological polar surface area (TPSA) is 54.3 Å². The fourth-order valence-corrected chi connectivity index (χ4v) is 1.85. The van der Waals surface area contributed by atoms with Crippen molar-refractivity contribution in [3.8, 4) is 6.07 Å². The van der Waals surface area contributed by atoms with Crippen LogP contribution in [0.1, 0.15) is 11.1 Å². The number of rotatable bonds is 3. The number of benzene rings is 1. The first kappa shape index (κ1) is 14.6. The molecule has 4 nitrogen and oxygen atoms in total. The van der Waals surface area contributed by atoms with Crippen LogP contribution >= 0.6 is 0 Å². The van der Waals surface area contributed by atoms with Crippen LogP contribution in [0.3, 0.4) is 0 Å². The van der Waals surface area contributed by atoms with Crippen molar-refractivity contribution in [3.05, 3.63) is 29.3 Å². The van der Waals surface area contributed by atoms with E-state index in [1.807, 2.05) is 0 Å². The molecule has 1 N–H and O–H groups in total. The van der Waals surface area contributed by atoms with Crippen molar-refractivity contribution in [1.82, 2.24) is 0 Å². The summed E-state index contributed by atoms with van der Waals surface area (Å²) in [6.07, 6.45) is -4.62. The van der Waals surface area contributed by atoms with Gasteiger partial charge in [-0.1, -0.05) is 0 Å². The third-order valence-electron chi connectivity index (χ3n) is 2.87. The normalized spacial score (nSPS) is 19.4. The van der Waals surface area contributed by atoms with Crippen molar-refractivity contribution in [2.24, 2.45) is 0 Å². The molecule has 1 heterocycles. The van der Waals surface area contributed by atoms with Gasteiger partial charge in [-0.25, -0.2) is 0 Å². The molecule has 0 aliphatic carbocycles. The molecule has 1 aromatic rings. The molecule has 20 heavy (non-hydrogen) atoms. The molecule has 1 aromatic carbocycles. The first-order valence-electron chi connectivity index (χ1n) is 6.05. The molecular formula is C13H13F3N2O2. The number of nitrogens with one attached hydrogen (secondary N) is 1. The number of halogens is 3. The van der Waals surface area contributed by atoms with Gasteiger partial charge in [-0.2, -0.15) is 18.4 Å². The Labute approximate surface area is 114 Å². The number of anilines is 1. The molecule has 0 bridgehead atoms. The van der Waals surface area contributed by atoms with Crippen LogP contribution in [-0.2, 0) is 15.7 Å². The molecule has 0 aromatic heterocycles. The highest BCUT2D eigenvalue weighted by Gasteiger charge is 2.31. The Morgan fingerprint density at radius 1 is 1.35 bits per heavy atom. The smallest absolute Gasteiger partial charge is 0.381 e. The monoisotopic (exact) mass is 286 g/mol. The summed E-state index contributed by atoms with van der Waals surface area (Å²) in [5, 5.41) is 11.8. The zero-order valence-electron chi connectivity index (χ0n) is 10.5. The van der Waals surface area contributed by atoms with Crippen molar-refractivity contribution in [2.45, 2.75) is 12.3 Å². The van der Waals surface area contributed by atoms with Crippen LogP contribution in [0.5, 0.6) is 0 Å². The lowest BCUT2D eigenvalue weighted by molar-refractivity contribution is -0.137. The van der Waals surface area contributed by atoms with Gasteiger partial charge in [0.05, 0.1) is 42.7 Å². The van der Waals surface area contributed by atoms with E-state index in [4.69, 9.17) is 14.7 Å². The van der Waals surface area contributed by atoms with E-state index in [1.54, 1.807) is 6.07 Å².